The molecular formula is C2H5ClNO. The van der Waals surface area contributed by atoms with Crippen LogP contribution in [0.25, 0.3) is 0 Å². The minimum absolute atomic E-state index is 0. The second kappa shape index (κ2) is 9.25. The fourth-order valence-electron chi connectivity index (χ4n) is 0. The van der Waals surface area contributed by atoms with Crippen molar-refractivity contribution in [2.45, 2.75) is 6.92 Å². The Morgan fingerprint density at radius 1 is 1.80 bits per heavy atom. The number of rotatable bonds is 0. The van der Waals surface area contributed by atoms with E-state index in [9.17, 15) is 0 Å². The minimum Gasteiger partial charge on any atom is -0.411 e. The van der Waals surface area contributed by atoms with Crippen molar-refractivity contribution in [1.82, 2.24) is 0 Å². The summed E-state index contributed by atoms with van der Waals surface area (Å²) in [5, 5.41) is 9.88. The summed E-state index contributed by atoms with van der Waals surface area (Å²) in [6, 6.07) is 0. The Morgan fingerprint density at radius 2 is 2.00 bits per heavy atom. The van der Waals surface area contributed by atoms with Crippen molar-refractivity contribution in [3.05, 3.63) is 0 Å². The lowest BCUT2D eigenvalue weighted by Crippen LogP contribution is -1.49. The summed E-state index contributed by atoms with van der Waals surface area (Å²) in [4.78, 5) is 0. The van der Waals surface area contributed by atoms with E-state index in [1.807, 2.05) is 0 Å². The largest absolute Gasteiger partial charge is 0.411 e. The van der Waals surface area contributed by atoms with Gasteiger partial charge < -0.3 is 5.21 Å². The van der Waals surface area contributed by atoms with E-state index in [0.717, 1.165) is 0 Å². The van der Waals surface area contributed by atoms with E-state index in [4.69, 9.17) is 5.21 Å². The molecule has 0 saturated carbocycles. The predicted octanol–water partition coefficient (Wildman–Crippen LogP) is 0.765. The Kier molecular flexibility index (Phi) is 16.3. The zero-order valence-electron chi connectivity index (χ0n) is 2.80. The smallest absolute Gasteiger partial charge is 0.101 e. The van der Waals surface area contributed by atoms with Crippen LogP contribution in [0.1, 0.15) is 6.92 Å². The van der Waals surface area contributed by atoms with E-state index in [0.29, 0.717) is 0 Å². The molecule has 0 aromatic rings. The zero-order chi connectivity index (χ0) is 3.41. The first kappa shape index (κ1) is 8.83. The highest BCUT2D eigenvalue weighted by molar-refractivity contribution is 5.85. The van der Waals surface area contributed by atoms with Crippen molar-refractivity contribution < 1.29 is 5.21 Å². The van der Waals surface area contributed by atoms with Gasteiger partial charge in [-0.1, -0.05) is 5.16 Å². The van der Waals surface area contributed by atoms with E-state index in [1.165, 1.54) is 6.92 Å². The first-order valence-electron chi connectivity index (χ1n) is 0.924. The van der Waals surface area contributed by atoms with Gasteiger partial charge in [0.25, 0.3) is 0 Å². The van der Waals surface area contributed by atoms with Gasteiger partial charge in [-0.25, -0.2) is 0 Å². The molecule has 0 spiro atoms. The van der Waals surface area contributed by atoms with E-state index in [1.54, 1.807) is 0 Å². The maximum absolute atomic E-state index is 7.39. The molecule has 0 aliphatic rings. The Bertz CT molecular complexity index is 24.8. The predicted molar refractivity (Wildman–Crippen MR) is 22.1 cm³/mol. The zero-order valence-corrected chi connectivity index (χ0v) is 3.62. The fraction of sp³-hybridized carbons (Fsp3) is 0.500. The summed E-state index contributed by atoms with van der Waals surface area (Å²) < 4.78 is 0. The van der Waals surface area contributed by atoms with Crippen LogP contribution in [0.2, 0.25) is 0 Å². The lowest BCUT2D eigenvalue weighted by atomic mass is 10.9. The molecule has 5 heavy (non-hydrogen) atoms. The summed E-state index contributed by atoms with van der Waals surface area (Å²) in [6.45, 7) is 1.51. The molecular weight excluding hydrogens is 89.5 g/mol. The average molecular weight is 94.5 g/mol. The topological polar surface area (TPSA) is 32.6 Å². The molecule has 1 N–H and O–H groups in total. The first-order valence-corrected chi connectivity index (χ1v) is 0.924. The van der Waals surface area contributed by atoms with E-state index >= 15 is 0 Å². The Labute approximate surface area is 36.9 Å². The van der Waals surface area contributed by atoms with Crippen LogP contribution in [-0.2, 0) is 0 Å². The monoisotopic (exact) mass is 94.0 g/mol. The van der Waals surface area contributed by atoms with Gasteiger partial charge in [0, 0.05) is 0 Å². The fourth-order valence-corrected chi connectivity index (χ4v) is 0. The highest BCUT2D eigenvalue weighted by Gasteiger charge is 1.37. The van der Waals surface area contributed by atoms with Gasteiger partial charge in [-0.2, -0.15) is 0 Å². The van der Waals surface area contributed by atoms with Gasteiger partial charge in [0.15, 0.2) is 0 Å². The molecule has 31 valence electrons. The first-order chi connectivity index (χ1) is 1.91. The van der Waals surface area contributed by atoms with E-state index < -0.39 is 0 Å². The molecule has 0 unspecified atom stereocenters. The molecule has 0 atom stereocenters. The lowest BCUT2D eigenvalue weighted by molar-refractivity contribution is 0.321. The third kappa shape index (κ3) is 20.2. The van der Waals surface area contributed by atoms with Crippen LogP contribution in [0, 0.1) is 0 Å². The Morgan fingerprint density at radius 3 is 2.00 bits per heavy atom. The average Bonchev–Trinajstić information content (AvgIpc) is 1.37. The van der Waals surface area contributed by atoms with Crippen LogP contribution in [-0.4, -0.2) is 11.4 Å². The van der Waals surface area contributed by atoms with Gasteiger partial charge >= 0.3 is 0 Å². The van der Waals surface area contributed by atoms with Crippen molar-refractivity contribution in [3.8, 4) is 0 Å². The number of halogens is 1. The molecule has 3 heteroatoms. The van der Waals surface area contributed by atoms with Gasteiger partial charge in [0.05, 0.1) is 0 Å². The standard InChI is InChI=1S/C2H4NO.ClH/c1-2-3-4;/h4H,1H3;1H. The molecule has 0 rings (SSSR count). The van der Waals surface area contributed by atoms with Crippen LogP contribution in [0.4, 0.5) is 0 Å². The second-order valence-corrected chi connectivity index (χ2v) is 0.324. The number of hydrogen-bond donors (Lipinski definition) is 1. The maximum Gasteiger partial charge on any atom is 0.101 e. The van der Waals surface area contributed by atoms with Crippen LogP contribution >= 0.6 is 12.4 Å². The van der Waals surface area contributed by atoms with E-state index in [2.05, 4.69) is 11.4 Å². The molecule has 0 aliphatic carbocycles. The quantitative estimate of drug-likeness (QED) is 0.268. The summed E-state index contributed by atoms with van der Waals surface area (Å²) in [6.07, 6.45) is 2.11. The summed E-state index contributed by atoms with van der Waals surface area (Å²) in [5.41, 5.74) is 0. The lowest BCUT2D eigenvalue weighted by Gasteiger charge is -1.52. The van der Waals surface area contributed by atoms with Gasteiger partial charge in [0.1, 0.15) is 6.21 Å². The van der Waals surface area contributed by atoms with Gasteiger partial charge in [-0.3, -0.25) is 0 Å². The van der Waals surface area contributed by atoms with Crippen molar-refractivity contribution in [2.24, 2.45) is 5.16 Å². The minimum atomic E-state index is 0. The summed E-state index contributed by atoms with van der Waals surface area (Å²) in [7, 11) is 0. The van der Waals surface area contributed by atoms with Crippen molar-refractivity contribution in [1.29, 1.82) is 0 Å². The molecule has 0 heterocycles. The van der Waals surface area contributed by atoms with Gasteiger partial charge in [-0.15, -0.1) is 12.4 Å². The van der Waals surface area contributed by atoms with Crippen molar-refractivity contribution in [3.63, 3.8) is 0 Å². The third-order valence-corrected chi connectivity index (χ3v) is 0.100. The molecule has 0 aromatic carbocycles. The van der Waals surface area contributed by atoms with Gasteiger partial charge in [-0.05, 0) is 6.92 Å². The molecule has 0 fully saturated rings. The number of hydrogen-bond acceptors (Lipinski definition) is 2. The Hall–Kier alpha value is -0.240. The van der Waals surface area contributed by atoms with Crippen LogP contribution < -0.4 is 0 Å². The van der Waals surface area contributed by atoms with Crippen molar-refractivity contribution in [2.75, 3.05) is 0 Å². The SMILES string of the molecule is C[C]=NO.Cl. The van der Waals surface area contributed by atoms with Gasteiger partial charge in [0.2, 0.25) is 0 Å². The maximum atomic E-state index is 7.39. The Balaban J connectivity index is 0. The molecule has 0 aliphatic heterocycles. The highest BCUT2D eigenvalue weighted by atomic mass is 35.5. The highest BCUT2D eigenvalue weighted by Crippen LogP contribution is 1.38. The normalized spacial score (nSPS) is 7.40. The van der Waals surface area contributed by atoms with Crippen LogP contribution in [0.15, 0.2) is 5.16 Å². The number of nitrogens with zero attached hydrogens (tertiary/aromatic N) is 1. The van der Waals surface area contributed by atoms with Crippen LogP contribution in [0.3, 0.4) is 0 Å². The third-order valence-electron chi connectivity index (χ3n) is 0.100. The van der Waals surface area contributed by atoms with E-state index in [-0.39, 0.29) is 12.4 Å². The summed E-state index contributed by atoms with van der Waals surface area (Å²) >= 11 is 0. The van der Waals surface area contributed by atoms with Crippen molar-refractivity contribution >= 4 is 18.6 Å². The molecule has 0 bridgehead atoms. The molecule has 0 aromatic heterocycles. The molecule has 0 amide bonds. The second-order valence-electron chi connectivity index (χ2n) is 0.324. The molecule has 0 saturated heterocycles. The molecule has 2 nitrogen and oxygen atoms in total. The summed E-state index contributed by atoms with van der Waals surface area (Å²) in [5.74, 6) is 0. The molecule has 1 radical (unpaired) electrons. The van der Waals surface area contributed by atoms with Crippen LogP contribution in [0.5, 0.6) is 0 Å².